The Bertz CT molecular complexity index is 560. The second kappa shape index (κ2) is 5.17. The highest BCUT2D eigenvalue weighted by Crippen LogP contribution is 2.21. The fourth-order valence-corrected chi connectivity index (χ4v) is 1.60. The molecular weight excluding hydrogens is 222 g/mol. The molecule has 0 saturated carbocycles. The van der Waals surface area contributed by atoms with Crippen molar-refractivity contribution < 1.29 is 17.4 Å². The van der Waals surface area contributed by atoms with E-state index in [2.05, 4.69) is 5.32 Å². The summed E-state index contributed by atoms with van der Waals surface area (Å²) in [5.41, 5.74) is -2.91. The zero-order chi connectivity index (χ0) is 19.8. The molecule has 0 spiro atoms. The number of aliphatic hydroxyl groups is 1. The van der Waals surface area contributed by atoms with Gasteiger partial charge in [-0.2, -0.15) is 0 Å². The molecule has 0 unspecified atom stereocenters. The van der Waals surface area contributed by atoms with Gasteiger partial charge in [0.05, 0.1) is 6.10 Å². The molecule has 0 bridgehead atoms. The predicted octanol–water partition coefficient (Wildman–Crippen LogP) is 3.15. The molecule has 0 heterocycles. The van der Waals surface area contributed by atoms with Crippen molar-refractivity contribution >= 4 is 11.6 Å². The van der Waals surface area contributed by atoms with Crippen LogP contribution in [0.4, 0.5) is 0 Å². The average Bonchev–Trinajstić information content (AvgIpc) is 2.39. The van der Waals surface area contributed by atoms with E-state index in [0.717, 1.165) is 0 Å². The molecule has 90 valence electrons. The van der Waals surface area contributed by atoms with Crippen molar-refractivity contribution in [3.63, 3.8) is 0 Å². The Morgan fingerprint density at radius 1 is 1.44 bits per heavy atom. The highest BCUT2D eigenvalue weighted by molar-refractivity contribution is 6.30. The molecule has 0 amide bonds. The summed E-state index contributed by atoms with van der Waals surface area (Å²) in [5.74, 6) is 0. The van der Waals surface area contributed by atoms with Crippen molar-refractivity contribution in [2.24, 2.45) is 0 Å². The Balaban J connectivity index is 3.35. The minimum absolute atomic E-state index is 0.294. The first-order valence-corrected chi connectivity index (χ1v) is 5.13. The van der Waals surface area contributed by atoms with Crippen molar-refractivity contribution in [1.82, 2.24) is 5.32 Å². The van der Waals surface area contributed by atoms with Crippen molar-refractivity contribution in [3.05, 3.63) is 34.9 Å². The van der Waals surface area contributed by atoms with Gasteiger partial charge >= 0.3 is 0 Å². The molecule has 2 nitrogen and oxygen atoms in total. The molecule has 0 fully saturated rings. The lowest BCUT2D eigenvalue weighted by atomic mass is 10.00. The Kier molecular flexibility index (Phi) is 1.74. The summed E-state index contributed by atoms with van der Waals surface area (Å²) in [6.07, 6.45) is -1.37. The highest BCUT2D eigenvalue weighted by atomic mass is 35.5. The second-order valence-corrected chi connectivity index (χ2v) is 4.12. The Morgan fingerprint density at radius 3 is 2.69 bits per heavy atom. The SMILES string of the molecule is [2H]C([2H])([2H])C(N[C@@H](C)[C@H](O)c1cccc(Cl)c1)(C([2H])([2H])[2H])C([2H])([2H])[2H]. The summed E-state index contributed by atoms with van der Waals surface area (Å²) in [7, 11) is 0. The molecule has 0 aliphatic heterocycles. The molecule has 3 heteroatoms. The molecule has 1 rings (SSSR count). The topological polar surface area (TPSA) is 32.3 Å². The standard InChI is InChI=1S/C13H20ClNO/c1-9(15-13(2,3)4)12(16)10-6-5-7-11(14)8-10/h5-9,12,15-16H,1-4H3/t9-,12-/m0/s1/i2D3,3D3,4D3. The van der Waals surface area contributed by atoms with Crippen molar-refractivity contribution in [1.29, 1.82) is 0 Å². The summed E-state index contributed by atoms with van der Waals surface area (Å²) < 4.78 is 68.1. The Hall–Kier alpha value is -0.570. The summed E-state index contributed by atoms with van der Waals surface area (Å²) in [6.45, 7) is -8.84. The van der Waals surface area contributed by atoms with E-state index < -0.39 is 38.2 Å². The quantitative estimate of drug-likeness (QED) is 0.864. The molecule has 0 aromatic heterocycles. The van der Waals surface area contributed by atoms with E-state index in [1.165, 1.54) is 19.1 Å². The van der Waals surface area contributed by atoms with Gasteiger partial charge in [-0.1, -0.05) is 23.7 Å². The van der Waals surface area contributed by atoms with Crippen molar-refractivity contribution in [2.45, 2.75) is 45.2 Å². The number of hydrogen-bond donors (Lipinski definition) is 2. The maximum atomic E-state index is 10.4. The maximum Gasteiger partial charge on any atom is 0.0940 e. The fraction of sp³-hybridized carbons (Fsp3) is 0.538. The molecule has 0 aliphatic rings. The van der Waals surface area contributed by atoms with E-state index in [-0.39, 0.29) is 0 Å². The predicted molar refractivity (Wildman–Crippen MR) is 68.8 cm³/mol. The van der Waals surface area contributed by atoms with Crippen LogP contribution in [0.2, 0.25) is 5.02 Å². The molecule has 0 saturated heterocycles. The van der Waals surface area contributed by atoms with E-state index >= 15 is 0 Å². The monoisotopic (exact) mass is 250 g/mol. The fourth-order valence-electron chi connectivity index (χ4n) is 1.40. The van der Waals surface area contributed by atoms with E-state index in [1.807, 2.05) is 0 Å². The molecule has 0 radical (unpaired) electrons. The van der Waals surface area contributed by atoms with Gasteiger partial charge in [0.2, 0.25) is 0 Å². The molecule has 0 aliphatic carbocycles. The van der Waals surface area contributed by atoms with Gasteiger partial charge in [0, 0.05) is 28.9 Å². The van der Waals surface area contributed by atoms with E-state index in [4.69, 9.17) is 23.9 Å². The third kappa shape index (κ3) is 4.12. The van der Waals surface area contributed by atoms with E-state index in [9.17, 15) is 5.11 Å². The van der Waals surface area contributed by atoms with Gasteiger partial charge in [0.25, 0.3) is 0 Å². The third-order valence-electron chi connectivity index (χ3n) is 2.11. The van der Waals surface area contributed by atoms with Gasteiger partial charge < -0.3 is 10.4 Å². The molecule has 2 atom stereocenters. The molecular formula is C13H20ClNO. The number of nitrogens with one attached hydrogen (secondary N) is 1. The minimum Gasteiger partial charge on any atom is -0.387 e. The lowest BCUT2D eigenvalue weighted by Gasteiger charge is -2.29. The third-order valence-corrected chi connectivity index (χ3v) is 2.34. The number of aliphatic hydroxyl groups excluding tert-OH is 1. The normalized spacial score (nSPS) is 26.6. The van der Waals surface area contributed by atoms with Crippen LogP contribution in [-0.4, -0.2) is 16.7 Å². The molecule has 2 N–H and O–H groups in total. The van der Waals surface area contributed by atoms with E-state index in [0.29, 0.717) is 10.6 Å². The van der Waals surface area contributed by atoms with Crippen LogP contribution in [0.15, 0.2) is 24.3 Å². The van der Waals surface area contributed by atoms with Gasteiger partial charge in [-0.15, -0.1) is 0 Å². The first-order valence-electron chi connectivity index (χ1n) is 9.26. The van der Waals surface area contributed by atoms with Crippen LogP contribution in [0.5, 0.6) is 0 Å². The summed E-state index contributed by atoms with van der Waals surface area (Å²) >= 11 is 5.84. The number of benzene rings is 1. The summed E-state index contributed by atoms with van der Waals surface area (Å²) in [6, 6.07) is 4.86. The molecule has 16 heavy (non-hydrogen) atoms. The van der Waals surface area contributed by atoms with Crippen LogP contribution in [0.1, 0.15) is 51.5 Å². The lowest BCUT2D eigenvalue weighted by Crippen LogP contribution is -2.44. The molecule has 1 aromatic carbocycles. The Morgan fingerprint density at radius 2 is 2.12 bits per heavy atom. The van der Waals surface area contributed by atoms with Crippen LogP contribution in [0.3, 0.4) is 0 Å². The van der Waals surface area contributed by atoms with Crippen molar-refractivity contribution in [3.8, 4) is 0 Å². The number of halogens is 1. The average molecular weight is 251 g/mol. The zero-order valence-corrected chi connectivity index (χ0v) is 9.55. The summed E-state index contributed by atoms with van der Waals surface area (Å²) in [5, 5.41) is 12.9. The van der Waals surface area contributed by atoms with Crippen LogP contribution >= 0.6 is 11.6 Å². The van der Waals surface area contributed by atoms with Crippen LogP contribution < -0.4 is 5.32 Å². The zero-order valence-electron chi connectivity index (χ0n) is 17.8. The van der Waals surface area contributed by atoms with Crippen molar-refractivity contribution in [2.75, 3.05) is 0 Å². The maximum absolute atomic E-state index is 10.4. The lowest BCUT2D eigenvalue weighted by molar-refractivity contribution is 0.121. The van der Waals surface area contributed by atoms with Gasteiger partial charge in [0.1, 0.15) is 0 Å². The van der Waals surface area contributed by atoms with Gasteiger partial charge in [0.15, 0.2) is 0 Å². The number of rotatable bonds is 3. The first kappa shape index (κ1) is 5.38. The first-order chi connectivity index (χ1) is 11.0. The van der Waals surface area contributed by atoms with Crippen LogP contribution in [-0.2, 0) is 0 Å². The second-order valence-electron chi connectivity index (χ2n) is 3.68. The largest absolute Gasteiger partial charge is 0.387 e. The van der Waals surface area contributed by atoms with Gasteiger partial charge in [-0.05, 0) is 45.2 Å². The van der Waals surface area contributed by atoms with Crippen LogP contribution in [0.25, 0.3) is 0 Å². The Labute approximate surface area is 115 Å². The van der Waals surface area contributed by atoms with E-state index in [1.54, 1.807) is 12.1 Å². The minimum atomic E-state index is -3.38. The highest BCUT2D eigenvalue weighted by Gasteiger charge is 2.21. The molecule has 1 aromatic rings. The number of hydrogen-bond acceptors (Lipinski definition) is 2. The van der Waals surface area contributed by atoms with Gasteiger partial charge in [-0.3, -0.25) is 0 Å². The smallest absolute Gasteiger partial charge is 0.0940 e. The summed E-state index contributed by atoms with van der Waals surface area (Å²) in [4.78, 5) is 0. The van der Waals surface area contributed by atoms with Gasteiger partial charge in [-0.25, -0.2) is 0 Å². The van der Waals surface area contributed by atoms with Crippen LogP contribution in [0, 0.1) is 0 Å².